The van der Waals surface area contributed by atoms with Crippen LogP contribution in [-0.2, 0) is 13.6 Å². The summed E-state index contributed by atoms with van der Waals surface area (Å²) in [6, 6.07) is 5.64. The van der Waals surface area contributed by atoms with Gasteiger partial charge in [-0.15, -0.1) is 13.2 Å². The molecule has 1 aliphatic heterocycles. The first-order valence-corrected chi connectivity index (χ1v) is 12.8. The second-order valence-electron chi connectivity index (χ2n) is 10.8. The maximum Gasteiger partial charge on any atom is 0.573 e. The van der Waals surface area contributed by atoms with E-state index in [1.165, 1.54) is 35.8 Å². The average Bonchev–Trinajstić information content (AvgIpc) is 3.10. The Morgan fingerprint density at radius 2 is 1.95 bits per heavy atom. The molecule has 5 rings (SSSR count). The molecule has 0 bridgehead atoms. The first-order valence-electron chi connectivity index (χ1n) is 12.8. The molecule has 2 heterocycles. The Balaban J connectivity index is 1.23. The summed E-state index contributed by atoms with van der Waals surface area (Å²) in [5, 5.41) is 10.9. The molecule has 8 nitrogen and oxygen atoms in total. The van der Waals surface area contributed by atoms with E-state index in [9.17, 15) is 23.1 Å². The van der Waals surface area contributed by atoms with Gasteiger partial charge in [0.15, 0.2) is 0 Å². The van der Waals surface area contributed by atoms with Gasteiger partial charge < -0.3 is 24.0 Å². The normalized spacial score (nSPS) is 24.9. The summed E-state index contributed by atoms with van der Waals surface area (Å²) >= 11 is 0. The number of halogens is 3. The Kier molecular flexibility index (Phi) is 7.10. The average molecular weight is 523 g/mol. The van der Waals surface area contributed by atoms with E-state index in [1.807, 2.05) is 0 Å². The summed E-state index contributed by atoms with van der Waals surface area (Å²) in [6.07, 6.45) is 2.74. The van der Waals surface area contributed by atoms with Gasteiger partial charge in [0.05, 0.1) is 18.1 Å². The molecule has 1 aromatic heterocycles. The molecule has 37 heavy (non-hydrogen) atoms. The van der Waals surface area contributed by atoms with Crippen LogP contribution in [-0.4, -0.2) is 68.7 Å². The van der Waals surface area contributed by atoms with Gasteiger partial charge in [0.25, 0.3) is 0 Å². The molecule has 0 spiro atoms. The van der Waals surface area contributed by atoms with Crippen LogP contribution >= 0.6 is 0 Å². The number of hydrogen-bond donors (Lipinski definition) is 1. The van der Waals surface area contributed by atoms with Crippen molar-refractivity contribution in [2.45, 2.75) is 50.6 Å². The van der Waals surface area contributed by atoms with Crippen LogP contribution in [0.25, 0.3) is 0 Å². The number of rotatable bonds is 8. The van der Waals surface area contributed by atoms with Gasteiger partial charge in [-0.25, -0.2) is 9.78 Å². The van der Waals surface area contributed by atoms with Crippen molar-refractivity contribution in [2.24, 2.45) is 24.8 Å². The van der Waals surface area contributed by atoms with Crippen LogP contribution in [0.4, 0.5) is 18.0 Å². The van der Waals surface area contributed by atoms with Crippen LogP contribution in [0.2, 0.25) is 0 Å². The largest absolute Gasteiger partial charge is 0.573 e. The third-order valence-electron chi connectivity index (χ3n) is 7.82. The molecule has 2 atom stereocenters. The van der Waals surface area contributed by atoms with Crippen LogP contribution in [0.5, 0.6) is 11.6 Å². The summed E-state index contributed by atoms with van der Waals surface area (Å²) in [6.45, 7) is 2.99. The summed E-state index contributed by atoms with van der Waals surface area (Å²) < 4.78 is 49.2. The molecule has 1 N–H and O–H groups in total. The number of aliphatic hydroxyl groups is 1. The molecule has 2 saturated carbocycles. The number of aryl methyl sites for hydroxylation is 1. The summed E-state index contributed by atoms with van der Waals surface area (Å²) in [4.78, 5) is 21.0. The number of carbonyl (C=O) groups excluding carboxylic acids is 1. The van der Waals surface area contributed by atoms with E-state index in [0.29, 0.717) is 30.5 Å². The van der Waals surface area contributed by atoms with Crippen LogP contribution in [0.15, 0.2) is 36.8 Å². The fraction of sp³-hybridized carbons (Fsp3) is 0.615. The Bertz CT molecular complexity index is 1090. The number of carbonyl (C=O) groups is 1. The SMILES string of the molecule is Cn1cnc(OC(=O)N(Cc2cccc(OC(F)(F)F)c2)CC2C3CN(CC4(O)CCCCC4)CC32)c1. The number of amides is 1. The van der Waals surface area contributed by atoms with Gasteiger partial charge in [-0.05, 0) is 48.3 Å². The monoisotopic (exact) mass is 522 g/mol. The highest BCUT2D eigenvalue weighted by molar-refractivity contribution is 5.70. The summed E-state index contributed by atoms with van der Waals surface area (Å²) in [5.74, 6) is 0.967. The highest BCUT2D eigenvalue weighted by atomic mass is 19.4. The molecule has 2 unspecified atom stereocenters. The quantitative estimate of drug-likeness (QED) is 0.560. The lowest BCUT2D eigenvalue weighted by Crippen LogP contribution is -2.45. The molecule has 1 saturated heterocycles. The highest BCUT2D eigenvalue weighted by Crippen LogP contribution is 2.52. The smallest absolute Gasteiger partial charge is 0.406 e. The molecular weight excluding hydrogens is 489 g/mol. The number of imidazole rings is 1. The molecule has 2 aromatic rings. The van der Waals surface area contributed by atoms with Gasteiger partial charge in [-0.2, -0.15) is 0 Å². The van der Waals surface area contributed by atoms with Gasteiger partial charge in [-0.1, -0.05) is 31.4 Å². The number of piperidine rings is 1. The lowest BCUT2D eigenvalue weighted by Gasteiger charge is -2.36. The topological polar surface area (TPSA) is 80.1 Å². The van der Waals surface area contributed by atoms with Crippen molar-refractivity contribution < 1.29 is 32.5 Å². The van der Waals surface area contributed by atoms with E-state index >= 15 is 0 Å². The molecular formula is C26H33F3N4O4. The first kappa shape index (κ1) is 25.8. The Morgan fingerprint density at radius 3 is 2.59 bits per heavy atom. The molecule has 202 valence electrons. The minimum atomic E-state index is -4.79. The van der Waals surface area contributed by atoms with Crippen molar-refractivity contribution in [3.63, 3.8) is 0 Å². The molecule has 0 radical (unpaired) electrons. The number of likely N-dealkylation sites (tertiary alicyclic amines) is 1. The Labute approximate surface area is 214 Å². The van der Waals surface area contributed by atoms with Gasteiger partial charge in [0, 0.05) is 39.8 Å². The zero-order chi connectivity index (χ0) is 26.2. The third kappa shape index (κ3) is 6.56. The van der Waals surface area contributed by atoms with Gasteiger partial charge in [0.1, 0.15) is 5.75 Å². The number of ether oxygens (including phenoxy) is 2. The van der Waals surface area contributed by atoms with Crippen molar-refractivity contribution in [2.75, 3.05) is 26.2 Å². The van der Waals surface area contributed by atoms with Crippen LogP contribution in [0.3, 0.4) is 0 Å². The van der Waals surface area contributed by atoms with E-state index in [2.05, 4.69) is 14.6 Å². The molecule has 11 heteroatoms. The van der Waals surface area contributed by atoms with Crippen molar-refractivity contribution in [3.8, 4) is 11.6 Å². The number of β-amino-alcohol motifs (C(OH)–C–C–N with tert-alkyl or cyclic N) is 1. The van der Waals surface area contributed by atoms with E-state index in [0.717, 1.165) is 38.8 Å². The summed E-state index contributed by atoms with van der Waals surface area (Å²) in [5.41, 5.74) is -0.0845. The fourth-order valence-corrected chi connectivity index (χ4v) is 6.04. The number of aromatic nitrogens is 2. The van der Waals surface area contributed by atoms with Crippen molar-refractivity contribution in [1.82, 2.24) is 19.4 Å². The minimum Gasteiger partial charge on any atom is -0.406 e. The predicted octanol–water partition coefficient (Wildman–Crippen LogP) is 4.19. The summed E-state index contributed by atoms with van der Waals surface area (Å²) in [7, 11) is 1.76. The van der Waals surface area contributed by atoms with Gasteiger partial charge in [-0.3, -0.25) is 4.90 Å². The zero-order valence-corrected chi connectivity index (χ0v) is 20.9. The predicted molar refractivity (Wildman–Crippen MR) is 128 cm³/mol. The van der Waals surface area contributed by atoms with Crippen LogP contribution < -0.4 is 9.47 Å². The number of nitrogens with zero attached hydrogens (tertiary/aromatic N) is 4. The lowest BCUT2D eigenvalue weighted by molar-refractivity contribution is -0.274. The first-order chi connectivity index (χ1) is 17.6. The standard InChI is InChI=1S/C26H33F3N4O4/c1-31-15-23(30-17-31)36-24(34)33(11-18-6-5-7-19(10-18)37-26(27,28)29)14-22-20-12-32(13-21(20)22)16-25(35)8-3-2-4-9-25/h5-7,10,15,17,20-22,35H,2-4,8-9,11-14,16H2,1H3. The number of benzene rings is 1. The van der Waals surface area contributed by atoms with Crippen molar-refractivity contribution >= 4 is 6.09 Å². The van der Waals surface area contributed by atoms with Gasteiger partial charge in [0.2, 0.25) is 5.88 Å². The second kappa shape index (κ2) is 10.2. The van der Waals surface area contributed by atoms with E-state index in [4.69, 9.17) is 4.74 Å². The van der Waals surface area contributed by atoms with E-state index < -0.39 is 18.1 Å². The molecule has 3 fully saturated rings. The Hall–Kier alpha value is -2.79. The van der Waals surface area contributed by atoms with E-state index in [1.54, 1.807) is 23.9 Å². The van der Waals surface area contributed by atoms with E-state index in [-0.39, 0.29) is 24.1 Å². The van der Waals surface area contributed by atoms with Crippen LogP contribution in [0, 0.1) is 17.8 Å². The zero-order valence-electron chi connectivity index (χ0n) is 20.9. The Morgan fingerprint density at radius 1 is 1.22 bits per heavy atom. The minimum absolute atomic E-state index is 0.0835. The maximum absolute atomic E-state index is 13.1. The van der Waals surface area contributed by atoms with Crippen molar-refractivity contribution in [3.05, 3.63) is 42.4 Å². The van der Waals surface area contributed by atoms with Crippen molar-refractivity contribution in [1.29, 1.82) is 0 Å². The maximum atomic E-state index is 13.1. The van der Waals surface area contributed by atoms with Crippen LogP contribution in [0.1, 0.15) is 37.7 Å². The second-order valence-corrected chi connectivity index (χ2v) is 10.8. The third-order valence-corrected chi connectivity index (χ3v) is 7.82. The number of alkyl halides is 3. The number of fused-ring (bicyclic) bond motifs is 1. The molecule has 1 amide bonds. The highest BCUT2D eigenvalue weighted by Gasteiger charge is 2.56. The molecule has 3 aliphatic rings. The van der Waals surface area contributed by atoms with Gasteiger partial charge >= 0.3 is 12.5 Å². The lowest BCUT2D eigenvalue weighted by atomic mass is 9.84. The molecule has 1 aromatic carbocycles. The molecule has 2 aliphatic carbocycles. The number of hydrogen-bond acceptors (Lipinski definition) is 6. The fourth-order valence-electron chi connectivity index (χ4n) is 6.04.